The van der Waals surface area contributed by atoms with Gasteiger partial charge in [0.1, 0.15) is 24.1 Å². The molecular formula is C35H24ClF3I2N2O5S. The van der Waals surface area contributed by atoms with E-state index in [0.29, 0.717) is 27.1 Å². The second-order valence-corrected chi connectivity index (χ2v) is 14.4. The van der Waals surface area contributed by atoms with Crippen molar-refractivity contribution in [3.05, 3.63) is 133 Å². The zero-order valence-corrected chi connectivity index (χ0v) is 31.5. The largest absolute Gasteiger partial charge is 0.496 e. The molecule has 1 atom stereocenters. The monoisotopic (exact) mass is 930 g/mol. The van der Waals surface area contributed by atoms with Gasteiger partial charge in [0, 0.05) is 16.1 Å². The van der Waals surface area contributed by atoms with Gasteiger partial charge in [-0.05, 0) is 98.8 Å². The molecule has 4 aromatic carbocycles. The highest BCUT2D eigenvalue weighted by Crippen LogP contribution is 2.43. The van der Waals surface area contributed by atoms with Crippen molar-refractivity contribution in [1.82, 2.24) is 4.57 Å². The number of alkyl halides is 3. The zero-order chi connectivity index (χ0) is 35.0. The lowest BCUT2D eigenvalue weighted by Crippen LogP contribution is -2.41. The smallest absolute Gasteiger partial charge is 0.434 e. The van der Waals surface area contributed by atoms with Crippen LogP contribution in [-0.2, 0) is 16.1 Å². The summed E-state index contributed by atoms with van der Waals surface area (Å²) in [4.78, 5) is 31.4. The van der Waals surface area contributed by atoms with Crippen molar-refractivity contribution in [2.45, 2.75) is 25.7 Å². The van der Waals surface area contributed by atoms with Gasteiger partial charge in [-0.2, -0.15) is 13.2 Å². The van der Waals surface area contributed by atoms with Crippen molar-refractivity contribution in [2.24, 2.45) is 4.99 Å². The normalized spacial score (nSPS) is 14.9. The molecule has 0 fully saturated rings. The molecule has 1 aliphatic rings. The van der Waals surface area contributed by atoms with Gasteiger partial charge in [0.15, 0.2) is 10.5 Å². The number of nitrogens with zero attached hydrogens (tertiary/aromatic N) is 2. The third-order valence-electron chi connectivity index (χ3n) is 7.67. The second-order valence-electron chi connectivity index (χ2n) is 10.7. The average Bonchev–Trinajstić information content (AvgIpc) is 3.37. The number of esters is 1. The summed E-state index contributed by atoms with van der Waals surface area (Å²) in [5, 5.41) is 1.76. The second kappa shape index (κ2) is 14.4. The predicted molar refractivity (Wildman–Crippen MR) is 199 cm³/mol. The fourth-order valence-electron chi connectivity index (χ4n) is 5.57. The van der Waals surface area contributed by atoms with Crippen molar-refractivity contribution in [3.8, 4) is 11.5 Å². The van der Waals surface area contributed by atoms with Crippen molar-refractivity contribution in [3.63, 3.8) is 0 Å². The Balaban J connectivity index is 1.55. The number of hydrogen-bond donors (Lipinski definition) is 0. The number of allylic oxidation sites excluding steroid dienone is 1. The van der Waals surface area contributed by atoms with Crippen LogP contribution in [0.1, 0.15) is 29.7 Å². The van der Waals surface area contributed by atoms with Crippen LogP contribution in [0.25, 0.3) is 16.8 Å². The van der Waals surface area contributed by atoms with E-state index < -0.39 is 35.0 Å². The minimum atomic E-state index is -5.04. The Morgan fingerprint density at radius 3 is 2.43 bits per heavy atom. The molecule has 252 valence electrons. The molecule has 0 amide bonds. The number of methoxy groups -OCH3 is 1. The molecule has 0 aliphatic carbocycles. The minimum Gasteiger partial charge on any atom is -0.496 e. The topological polar surface area (TPSA) is 79.1 Å². The molecule has 0 bridgehead atoms. The van der Waals surface area contributed by atoms with E-state index in [0.717, 1.165) is 28.6 Å². The van der Waals surface area contributed by atoms with Crippen LogP contribution in [0, 0.1) is 7.14 Å². The summed E-state index contributed by atoms with van der Waals surface area (Å²) in [6, 6.07) is 19.8. The van der Waals surface area contributed by atoms with E-state index in [-0.39, 0.29) is 33.9 Å². The lowest BCUT2D eigenvalue weighted by Gasteiger charge is -2.28. The number of halogens is 6. The van der Waals surface area contributed by atoms with E-state index >= 15 is 0 Å². The molecule has 1 aliphatic heterocycles. The Hall–Kier alpha value is -3.41. The van der Waals surface area contributed by atoms with Gasteiger partial charge >= 0.3 is 12.1 Å². The molecule has 49 heavy (non-hydrogen) atoms. The lowest BCUT2D eigenvalue weighted by molar-refractivity contribution is -0.140. The van der Waals surface area contributed by atoms with Crippen LogP contribution in [0.15, 0.2) is 93.9 Å². The van der Waals surface area contributed by atoms with E-state index in [4.69, 9.17) is 25.8 Å². The van der Waals surface area contributed by atoms with E-state index in [2.05, 4.69) is 50.2 Å². The molecule has 5 aromatic rings. The van der Waals surface area contributed by atoms with Crippen LogP contribution in [0.4, 0.5) is 13.2 Å². The SMILES string of the molecule is CCOC(=O)C1=C(C(F)(F)F)N=c2s/c(=C\c3cc(I)c(OCc4ccccc4Cl)c(I)c3)c(=O)n2[C@@H]1c1c(OC)ccc2ccccc12. The van der Waals surface area contributed by atoms with Gasteiger partial charge in [-0.1, -0.05) is 71.5 Å². The molecule has 14 heteroatoms. The molecule has 2 heterocycles. The van der Waals surface area contributed by atoms with Gasteiger partial charge in [-0.3, -0.25) is 9.36 Å². The summed E-state index contributed by atoms with van der Waals surface area (Å²) in [6.45, 7) is 1.54. The van der Waals surface area contributed by atoms with Gasteiger partial charge in [0.05, 0.1) is 31.0 Å². The Bertz CT molecular complexity index is 2320. The Morgan fingerprint density at radius 2 is 1.76 bits per heavy atom. The summed E-state index contributed by atoms with van der Waals surface area (Å²) >= 11 is 11.3. The van der Waals surface area contributed by atoms with Crippen LogP contribution in [-0.4, -0.2) is 30.4 Å². The molecule has 0 unspecified atom stereocenters. The molecule has 0 saturated carbocycles. The number of carbonyl (C=O) groups excluding carboxylic acids is 1. The highest BCUT2D eigenvalue weighted by Gasteiger charge is 2.46. The van der Waals surface area contributed by atoms with Crippen LogP contribution < -0.4 is 24.4 Å². The maximum atomic E-state index is 14.7. The third-order valence-corrected chi connectivity index (χ3v) is 10.6. The molecule has 0 N–H and O–H groups in total. The summed E-state index contributed by atoms with van der Waals surface area (Å²) in [6.07, 6.45) is -3.45. The maximum absolute atomic E-state index is 14.7. The quantitative estimate of drug-likeness (QED) is 0.117. The van der Waals surface area contributed by atoms with Crippen LogP contribution in [0.3, 0.4) is 0 Å². The summed E-state index contributed by atoms with van der Waals surface area (Å²) in [5.41, 5.74) is -1.22. The van der Waals surface area contributed by atoms with Crippen molar-refractivity contribution >= 4 is 90.9 Å². The Morgan fingerprint density at radius 1 is 1.06 bits per heavy atom. The van der Waals surface area contributed by atoms with Crippen LogP contribution in [0.5, 0.6) is 11.5 Å². The number of benzene rings is 4. The summed E-state index contributed by atoms with van der Waals surface area (Å²) < 4.78 is 63.8. The lowest BCUT2D eigenvalue weighted by atomic mass is 9.90. The maximum Gasteiger partial charge on any atom is 0.434 e. The van der Waals surface area contributed by atoms with Crippen molar-refractivity contribution in [2.75, 3.05) is 13.7 Å². The number of rotatable bonds is 8. The number of thiazole rings is 1. The first-order chi connectivity index (χ1) is 23.4. The molecule has 0 saturated heterocycles. The highest BCUT2D eigenvalue weighted by molar-refractivity contribution is 14.1. The van der Waals surface area contributed by atoms with Gasteiger partial charge < -0.3 is 14.2 Å². The minimum absolute atomic E-state index is 0.117. The fourth-order valence-corrected chi connectivity index (χ4v) is 8.89. The van der Waals surface area contributed by atoms with Gasteiger partial charge in [0.25, 0.3) is 5.56 Å². The van der Waals surface area contributed by atoms with Crippen LogP contribution in [0.2, 0.25) is 5.02 Å². The van der Waals surface area contributed by atoms with Gasteiger partial charge in [-0.25, -0.2) is 9.79 Å². The molecule has 0 spiro atoms. The zero-order valence-electron chi connectivity index (χ0n) is 25.6. The number of hydrogen-bond acceptors (Lipinski definition) is 7. The van der Waals surface area contributed by atoms with E-state index in [1.165, 1.54) is 14.0 Å². The van der Waals surface area contributed by atoms with Crippen molar-refractivity contribution < 1.29 is 32.2 Å². The summed E-state index contributed by atoms with van der Waals surface area (Å²) in [7, 11) is 1.38. The standard InChI is InChI=1S/C35H24ClF3I2N2O5S/c1-3-47-33(45)28-29(27-21-10-6-4-8-19(21)12-13-25(27)46-2)43-32(44)26(49-34(43)42-31(28)35(37,38)39)16-18-14-23(40)30(24(41)15-18)48-17-20-9-5-7-11-22(20)36/h4-16,29H,3,17H2,1-2H3/b26-16-/t29-/m1/s1. The summed E-state index contributed by atoms with van der Waals surface area (Å²) in [5.74, 6) is -0.416. The van der Waals surface area contributed by atoms with E-state index in [1.807, 2.05) is 18.2 Å². The van der Waals surface area contributed by atoms with E-state index in [1.54, 1.807) is 60.7 Å². The van der Waals surface area contributed by atoms with E-state index in [9.17, 15) is 22.8 Å². The number of fused-ring (bicyclic) bond motifs is 2. The Kier molecular flexibility index (Phi) is 10.4. The average molecular weight is 931 g/mol. The van der Waals surface area contributed by atoms with Gasteiger partial charge in [-0.15, -0.1) is 0 Å². The number of aromatic nitrogens is 1. The highest BCUT2D eigenvalue weighted by atomic mass is 127. The van der Waals surface area contributed by atoms with Gasteiger partial charge in [0.2, 0.25) is 0 Å². The number of carbonyl (C=O) groups is 1. The molecular weight excluding hydrogens is 907 g/mol. The third kappa shape index (κ3) is 6.99. The number of ether oxygens (including phenoxy) is 3. The molecule has 1 aromatic heterocycles. The fraction of sp³-hybridized carbons (Fsp3) is 0.171. The predicted octanol–water partition coefficient (Wildman–Crippen LogP) is 7.94. The molecule has 7 nitrogen and oxygen atoms in total. The molecule has 6 rings (SSSR count). The molecule has 0 radical (unpaired) electrons. The first kappa shape index (κ1) is 35.4. The Labute approximate surface area is 314 Å². The first-order valence-electron chi connectivity index (χ1n) is 14.6. The van der Waals surface area contributed by atoms with Crippen molar-refractivity contribution in [1.29, 1.82) is 0 Å². The van der Waals surface area contributed by atoms with Crippen LogP contribution >= 0.6 is 68.1 Å². The first-order valence-corrected chi connectivity index (χ1v) is 18.0.